The first-order valence-corrected chi connectivity index (χ1v) is 9.53. The van der Waals surface area contributed by atoms with Crippen molar-refractivity contribution < 1.29 is 19.5 Å². The van der Waals surface area contributed by atoms with Crippen LogP contribution in [0.25, 0.3) is 0 Å². The highest BCUT2D eigenvalue weighted by Gasteiger charge is 2.30. The number of carboxylic acid groups (broad SMARTS) is 1. The fourth-order valence-electron chi connectivity index (χ4n) is 3.70. The minimum Gasteiger partial charge on any atom is -0.480 e. The normalized spacial score (nSPS) is 22.2. The topological polar surface area (TPSA) is 98.7 Å². The van der Waals surface area contributed by atoms with E-state index < -0.39 is 12.0 Å². The van der Waals surface area contributed by atoms with Crippen LogP contribution in [0.4, 0.5) is 0 Å². The lowest BCUT2D eigenvalue weighted by molar-refractivity contribution is -0.144. The van der Waals surface area contributed by atoms with E-state index in [1.807, 2.05) is 0 Å². The Morgan fingerprint density at radius 2 is 1.92 bits per heavy atom. The molecule has 2 fully saturated rings. The van der Waals surface area contributed by atoms with Gasteiger partial charge in [-0.2, -0.15) is 0 Å². The molecule has 26 heavy (non-hydrogen) atoms. The maximum Gasteiger partial charge on any atom is 0.326 e. The number of hydrogen-bond acceptors (Lipinski definition) is 4. The molecule has 2 rings (SSSR count). The summed E-state index contributed by atoms with van der Waals surface area (Å²) in [6, 6.07) is -0.849. The van der Waals surface area contributed by atoms with Crippen LogP contribution in [0.3, 0.4) is 0 Å². The summed E-state index contributed by atoms with van der Waals surface area (Å²) in [6.07, 6.45) is 5.59. The molecular weight excluding hydrogens is 358 g/mol. The van der Waals surface area contributed by atoms with Crippen molar-refractivity contribution in [2.45, 2.75) is 57.9 Å². The Hall–Kier alpha value is -1.34. The molecule has 150 valence electrons. The molecule has 0 radical (unpaired) electrons. The smallest absolute Gasteiger partial charge is 0.326 e. The Bertz CT molecular complexity index is 483. The highest BCUT2D eigenvalue weighted by atomic mass is 35.5. The molecule has 2 aliphatic rings. The zero-order valence-electron chi connectivity index (χ0n) is 15.5. The van der Waals surface area contributed by atoms with Crippen molar-refractivity contribution in [2.75, 3.05) is 26.2 Å². The van der Waals surface area contributed by atoms with E-state index in [9.17, 15) is 14.4 Å². The summed E-state index contributed by atoms with van der Waals surface area (Å²) >= 11 is 0. The summed E-state index contributed by atoms with van der Waals surface area (Å²) in [5.41, 5.74) is 0. The second-order valence-corrected chi connectivity index (χ2v) is 7.22. The molecule has 2 atom stereocenters. The third-order valence-corrected chi connectivity index (χ3v) is 5.39. The van der Waals surface area contributed by atoms with E-state index in [0.29, 0.717) is 38.3 Å². The van der Waals surface area contributed by atoms with E-state index in [0.717, 1.165) is 38.8 Å². The van der Waals surface area contributed by atoms with Crippen molar-refractivity contribution in [2.24, 2.45) is 11.8 Å². The van der Waals surface area contributed by atoms with Crippen LogP contribution in [0.2, 0.25) is 0 Å². The molecule has 0 aliphatic carbocycles. The summed E-state index contributed by atoms with van der Waals surface area (Å²) in [5, 5.41) is 15.0. The van der Waals surface area contributed by atoms with Gasteiger partial charge in [0.15, 0.2) is 0 Å². The van der Waals surface area contributed by atoms with Gasteiger partial charge in [-0.1, -0.05) is 6.92 Å². The van der Waals surface area contributed by atoms with Crippen LogP contribution in [0, 0.1) is 11.8 Å². The molecule has 7 nitrogen and oxygen atoms in total. The Balaban J connectivity index is 0.00000338. The second kappa shape index (κ2) is 11.4. The highest BCUT2D eigenvalue weighted by molar-refractivity contribution is 5.86. The molecule has 0 aromatic heterocycles. The largest absolute Gasteiger partial charge is 0.480 e. The number of carboxylic acids is 1. The molecule has 8 heteroatoms. The molecule has 2 heterocycles. The van der Waals surface area contributed by atoms with E-state index in [1.165, 1.54) is 0 Å². The molecule has 0 aromatic carbocycles. The SMILES string of the molecule is CC[C@H](NC(=O)[C@@H]1CCCN(C(=O)CCC2CCNCC2)C1)C(=O)O.Cl. The van der Waals surface area contributed by atoms with Crippen molar-refractivity contribution in [1.82, 2.24) is 15.5 Å². The van der Waals surface area contributed by atoms with Gasteiger partial charge >= 0.3 is 5.97 Å². The van der Waals surface area contributed by atoms with Gasteiger partial charge in [-0.05, 0) is 57.5 Å². The van der Waals surface area contributed by atoms with Gasteiger partial charge in [0.1, 0.15) is 6.04 Å². The number of rotatable bonds is 7. The molecule has 0 saturated carbocycles. The highest BCUT2D eigenvalue weighted by Crippen LogP contribution is 2.21. The lowest BCUT2D eigenvalue weighted by Gasteiger charge is -2.33. The van der Waals surface area contributed by atoms with E-state index >= 15 is 0 Å². The van der Waals surface area contributed by atoms with Crippen molar-refractivity contribution in [3.63, 3.8) is 0 Å². The van der Waals surface area contributed by atoms with Crippen LogP contribution in [-0.2, 0) is 14.4 Å². The Morgan fingerprint density at radius 3 is 2.54 bits per heavy atom. The first-order chi connectivity index (χ1) is 12.0. The number of halogens is 1. The van der Waals surface area contributed by atoms with Gasteiger partial charge in [0.05, 0.1) is 5.92 Å². The van der Waals surface area contributed by atoms with Gasteiger partial charge in [0.25, 0.3) is 0 Å². The van der Waals surface area contributed by atoms with Gasteiger partial charge in [-0.3, -0.25) is 9.59 Å². The van der Waals surface area contributed by atoms with Crippen molar-refractivity contribution in [1.29, 1.82) is 0 Å². The summed E-state index contributed by atoms with van der Waals surface area (Å²) in [5.74, 6) is -0.812. The zero-order valence-corrected chi connectivity index (χ0v) is 16.4. The second-order valence-electron chi connectivity index (χ2n) is 7.22. The van der Waals surface area contributed by atoms with Crippen LogP contribution >= 0.6 is 12.4 Å². The Morgan fingerprint density at radius 1 is 1.23 bits per heavy atom. The van der Waals surface area contributed by atoms with Crippen LogP contribution in [0.5, 0.6) is 0 Å². The number of hydrogen-bond donors (Lipinski definition) is 3. The van der Waals surface area contributed by atoms with Crippen LogP contribution < -0.4 is 10.6 Å². The van der Waals surface area contributed by atoms with Gasteiger partial charge in [0.2, 0.25) is 11.8 Å². The monoisotopic (exact) mass is 389 g/mol. The van der Waals surface area contributed by atoms with Crippen LogP contribution in [-0.4, -0.2) is 60.0 Å². The lowest BCUT2D eigenvalue weighted by Crippen LogP contribution is -2.49. The molecule has 2 aliphatic heterocycles. The summed E-state index contributed by atoms with van der Waals surface area (Å²) in [7, 11) is 0. The Labute approximate surface area is 161 Å². The third kappa shape index (κ3) is 6.76. The predicted molar refractivity (Wildman–Crippen MR) is 101 cm³/mol. The minimum atomic E-state index is -1.01. The number of amides is 2. The van der Waals surface area contributed by atoms with Crippen molar-refractivity contribution >= 4 is 30.2 Å². The fourth-order valence-corrected chi connectivity index (χ4v) is 3.70. The first-order valence-electron chi connectivity index (χ1n) is 9.53. The minimum absolute atomic E-state index is 0. The van der Waals surface area contributed by atoms with E-state index in [-0.39, 0.29) is 30.1 Å². The quantitative estimate of drug-likeness (QED) is 0.611. The van der Waals surface area contributed by atoms with E-state index in [4.69, 9.17) is 5.11 Å². The summed E-state index contributed by atoms with van der Waals surface area (Å²) < 4.78 is 0. The molecule has 2 saturated heterocycles. The van der Waals surface area contributed by atoms with Gasteiger partial charge in [0, 0.05) is 19.5 Å². The van der Waals surface area contributed by atoms with Crippen molar-refractivity contribution in [3.05, 3.63) is 0 Å². The third-order valence-electron chi connectivity index (χ3n) is 5.39. The predicted octanol–water partition coefficient (Wildman–Crippen LogP) is 1.41. The molecule has 0 aromatic rings. The summed E-state index contributed by atoms with van der Waals surface area (Å²) in [4.78, 5) is 37.7. The molecule has 3 N–H and O–H groups in total. The number of nitrogens with zero attached hydrogens (tertiary/aromatic N) is 1. The number of likely N-dealkylation sites (tertiary alicyclic amines) is 1. The molecule has 0 unspecified atom stereocenters. The number of nitrogens with one attached hydrogen (secondary N) is 2. The standard InChI is InChI=1S/C18H31N3O4.ClH/c1-2-15(18(24)25)20-17(23)14-4-3-11-21(12-14)16(22)6-5-13-7-9-19-10-8-13;/h13-15,19H,2-12H2,1H3,(H,20,23)(H,24,25);1H/t14-,15+;/m1./s1. The maximum absolute atomic E-state index is 12.5. The Kier molecular flexibility index (Phi) is 9.94. The zero-order chi connectivity index (χ0) is 18.2. The molecule has 0 spiro atoms. The maximum atomic E-state index is 12.5. The molecule has 2 amide bonds. The number of aliphatic carboxylic acids is 1. The molecule has 0 bridgehead atoms. The summed E-state index contributed by atoms with van der Waals surface area (Å²) in [6.45, 7) is 4.91. The average Bonchev–Trinajstić information content (AvgIpc) is 2.64. The lowest BCUT2D eigenvalue weighted by atomic mass is 9.92. The van der Waals surface area contributed by atoms with E-state index in [1.54, 1.807) is 11.8 Å². The molecular formula is C18H32ClN3O4. The van der Waals surface area contributed by atoms with E-state index in [2.05, 4.69) is 10.6 Å². The number of piperidine rings is 2. The van der Waals surface area contributed by atoms with Gasteiger partial charge < -0.3 is 20.6 Å². The first kappa shape index (κ1) is 22.7. The van der Waals surface area contributed by atoms with Gasteiger partial charge in [-0.25, -0.2) is 4.79 Å². The number of carbonyl (C=O) groups is 3. The van der Waals surface area contributed by atoms with Crippen LogP contribution in [0.1, 0.15) is 51.9 Å². The average molecular weight is 390 g/mol. The van der Waals surface area contributed by atoms with Gasteiger partial charge in [-0.15, -0.1) is 12.4 Å². The van der Waals surface area contributed by atoms with Crippen LogP contribution in [0.15, 0.2) is 0 Å². The van der Waals surface area contributed by atoms with Crippen molar-refractivity contribution in [3.8, 4) is 0 Å². The number of carbonyl (C=O) groups excluding carboxylic acids is 2. The fraction of sp³-hybridized carbons (Fsp3) is 0.833.